The van der Waals surface area contributed by atoms with Crippen LogP contribution in [0.1, 0.15) is 24.5 Å². The molecule has 0 radical (unpaired) electrons. The van der Waals surface area contributed by atoms with Gasteiger partial charge in [-0.25, -0.2) is 4.39 Å². The fraction of sp³-hybridized carbons (Fsp3) is 0.316. The van der Waals surface area contributed by atoms with Gasteiger partial charge in [-0.2, -0.15) is 0 Å². The molecule has 3 N–H and O–H groups in total. The Morgan fingerprint density at radius 2 is 2.00 bits per heavy atom. The zero-order chi connectivity index (χ0) is 17.8. The number of benzene rings is 2. The first-order chi connectivity index (χ1) is 12.0. The van der Waals surface area contributed by atoms with Crippen LogP contribution >= 0.6 is 11.6 Å². The first-order valence-electron chi connectivity index (χ1n) is 8.24. The average molecular weight is 363 g/mol. The topological polar surface area (TPSA) is 64.3 Å². The molecule has 132 valence electrons. The molecule has 0 saturated heterocycles. The fourth-order valence-corrected chi connectivity index (χ4v) is 2.76. The third kappa shape index (κ3) is 4.71. The largest absolute Gasteiger partial charge is 0.476 e. The SMILES string of the molecule is NC(CNC(=O)C(Oc1ccc(F)c(Cl)c1)c1ccccc1)C1CC1. The lowest BCUT2D eigenvalue weighted by Crippen LogP contribution is -2.41. The van der Waals surface area contributed by atoms with Crippen LogP contribution in [-0.4, -0.2) is 18.5 Å². The molecule has 1 aliphatic rings. The smallest absolute Gasteiger partial charge is 0.265 e. The zero-order valence-electron chi connectivity index (χ0n) is 13.6. The molecule has 25 heavy (non-hydrogen) atoms. The molecule has 0 heterocycles. The van der Waals surface area contributed by atoms with E-state index in [1.165, 1.54) is 18.2 Å². The van der Waals surface area contributed by atoms with Gasteiger partial charge in [0.1, 0.15) is 11.6 Å². The highest BCUT2D eigenvalue weighted by Gasteiger charge is 2.30. The van der Waals surface area contributed by atoms with Crippen molar-refractivity contribution in [3.63, 3.8) is 0 Å². The molecule has 2 unspecified atom stereocenters. The van der Waals surface area contributed by atoms with Crippen molar-refractivity contribution in [1.29, 1.82) is 0 Å². The van der Waals surface area contributed by atoms with E-state index in [1.54, 1.807) is 12.1 Å². The number of carbonyl (C=O) groups is 1. The molecular weight excluding hydrogens is 343 g/mol. The summed E-state index contributed by atoms with van der Waals surface area (Å²) in [5.74, 6) is -0.0120. The maximum atomic E-state index is 13.3. The molecule has 0 aliphatic heterocycles. The highest BCUT2D eigenvalue weighted by Crippen LogP contribution is 2.31. The second-order valence-corrected chi connectivity index (χ2v) is 6.64. The number of halogens is 2. The number of nitrogens with two attached hydrogens (primary N) is 1. The lowest BCUT2D eigenvalue weighted by atomic mass is 10.1. The van der Waals surface area contributed by atoms with E-state index in [0.29, 0.717) is 23.8 Å². The van der Waals surface area contributed by atoms with Gasteiger partial charge >= 0.3 is 0 Å². The molecule has 0 spiro atoms. The molecule has 1 fully saturated rings. The van der Waals surface area contributed by atoms with Crippen LogP contribution in [0.4, 0.5) is 4.39 Å². The summed E-state index contributed by atoms with van der Waals surface area (Å²) in [6.45, 7) is 0.403. The van der Waals surface area contributed by atoms with Crippen molar-refractivity contribution in [3.8, 4) is 5.75 Å². The summed E-state index contributed by atoms with van der Waals surface area (Å²) in [5, 5.41) is 2.80. The van der Waals surface area contributed by atoms with Crippen molar-refractivity contribution in [2.75, 3.05) is 6.54 Å². The Morgan fingerprint density at radius 1 is 1.28 bits per heavy atom. The minimum absolute atomic E-state index is 0.0411. The number of rotatable bonds is 7. The van der Waals surface area contributed by atoms with Gasteiger partial charge in [-0.3, -0.25) is 4.79 Å². The van der Waals surface area contributed by atoms with Crippen LogP contribution in [0.25, 0.3) is 0 Å². The van der Waals surface area contributed by atoms with Crippen molar-refractivity contribution < 1.29 is 13.9 Å². The Morgan fingerprint density at radius 3 is 2.64 bits per heavy atom. The minimum atomic E-state index is -0.867. The van der Waals surface area contributed by atoms with Gasteiger partial charge in [0.05, 0.1) is 5.02 Å². The number of carbonyl (C=O) groups excluding carboxylic acids is 1. The highest BCUT2D eigenvalue weighted by molar-refractivity contribution is 6.30. The third-order valence-corrected chi connectivity index (χ3v) is 4.51. The second kappa shape index (κ2) is 7.85. The maximum absolute atomic E-state index is 13.3. The maximum Gasteiger partial charge on any atom is 0.265 e. The van der Waals surface area contributed by atoms with Gasteiger partial charge in [0.25, 0.3) is 5.91 Å². The molecule has 2 aromatic carbocycles. The number of hydrogen-bond donors (Lipinski definition) is 2. The van der Waals surface area contributed by atoms with E-state index in [0.717, 1.165) is 12.8 Å². The van der Waals surface area contributed by atoms with Crippen LogP contribution in [0, 0.1) is 11.7 Å². The van der Waals surface area contributed by atoms with Crippen molar-refractivity contribution in [1.82, 2.24) is 5.32 Å². The molecular formula is C19H20ClFN2O2. The van der Waals surface area contributed by atoms with E-state index in [2.05, 4.69) is 5.32 Å². The van der Waals surface area contributed by atoms with Crippen LogP contribution in [-0.2, 0) is 4.79 Å². The summed E-state index contributed by atoms with van der Waals surface area (Å²) in [7, 11) is 0. The Kier molecular flexibility index (Phi) is 5.56. The van der Waals surface area contributed by atoms with Crippen LogP contribution in [0.2, 0.25) is 5.02 Å². The summed E-state index contributed by atoms with van der Waals surface area (Å²) < 4.78 is 19.1. The molecule has 3 rings (SSSR count). The van der Waals surface area contributed by atoms with Gasteiger partial charge in [0.2, 0.25) is 6.10 Å². The lowest BCUT2D eigenvalue weighted by molar-refractivity contribution is -0.128. The molecule has 1 amide bonds. The summed E-state index contributed by atoms with van der Waals surface area (Å²) in [4.78, 5) is 12.6. The van der Waals surface area contributed by atoms with Crippen LogP contribution < -0.4 is 15.8 Å². The van der Waals surface area contributed by atoms with E-state index in [1.807, 2.05) is 18.2 Å². The molecule has 4 nitrogen and oxygen atoms in total. The van der Waals surface area contributed by atoms with Crippen molar-refractivity contribution >= 4 is 17.5 Å². The lowest BCUT2D eigenvalue weighted by Gasteiger charge is -2.20. The highest BCUT2D eigenvalue weighted by atomic mass is 35.5. The van der Waals surface area contributed by atoms with E-state index in [9.17, 15) is 9.18 Å². The molecule has 2 atom stereocenters. The van der Waals surface area contributed by atoms with Crippen molar-refractivity contribution in [2.45, 2.75) is 25.0 Å². The predicted octanol–water partition coefficient (Wildman–Crippen LogP) is 3.45. The summed E-state index contributed by atoms with van der Waals surface area (Å²) in [5.41, 5.74) is 6.74. The molecule has 6 heteroatoms. The molecule has 1 saturated carbocycles. The minimum Gasteiger partial charge on any atom is -0.476 e. The van der Waals surface area contributed by atoms with Crippen molar-refractivity contribution in [3.05, 3.63) is 64.9 Å². The molecule has 0 bridgehead atoms. The number of ether oxygens (including phenoxy) is 1. The second-order valence-electron chi connectivity index (χ2n) is 6.23. The Bertz CT molecular complexity index is 737. The standard InChI is InChI=1S/C19H20ClFN2O2/c20-15-10-14(8-9-16(15)21)25-18(13-4-2-1-3-5-13)19(24)23-11-17(22)12-6-7-12/h1-5,8-10,12,17-18H,6-7,11,22H2,(H,23,24). The van der Waals surface area contributed by atoms with Crippen LogP contribution in [0.3, 0.4) is 0 Å². The molecule has 1 aliphatic carbocycles. The molecule has 2 aromatic rings. The normalized spacial score (nSPS) is 16.1. The van der Waals surface area contributed by atoms with E-state index >= 15 is 0 Å². The first kappa shape index (κ1) is 17.7. The van der Waals surface area contributed by atoms with Crippen molar-refractivity contribution in [2.24, 2.45) is 11.7 Å². The monoisotopic (exact) mass is 362 g/mol. The quantitative estimate of drug-likeness (QED) is 0.792. The van der Waals surface area contributed by atoms with Gasteiger partial charge in [-0.15, -0.1) is 0 Å². The van der Waals surface area contributed by atoms with E-state index < -0.39 is 11.9 Å². The van der Waals surface area contributed by atoms with Gasteiger partial charge < -0.3 is 15.8 Å². The Hall–Kier alpha value is -2.11. The van der Waals surface area contributed by atoms with Crippen LogP contribution in [0.15, 0.2) is 48.5 Å². The Balaban J connectivity index is 1.74. The molecule has 0 aromatic heterocycles. The summed E-state index contributed by atoms with van der Waals surface area (Å²) in [6.07, 6.45) is 1.36. The van der Waals surface area contributed by atoms with Gasteiger partial charge in [0.15, 0.2) is 0 Å². The van der Waals surface area contributed by atoms with E-state index in [-0.39, 0.29) is 17.0 Å². The van der Waals surface area contributed by atoms with Gasteiger partial charge in [-0.1, -0.05) is 41.9 Å². The number of hydrogen-bond acceptors (Lipinski definition) is 3. The van der Waals surface area contributed by atoms with Crippen LogP contribution in [0.5, 0.6) is 5.75 Å². The average Bonchev–Trinajstić information content (AvgIpc) is 3.46. The fourth-order valence-electron chi connectivity index (χ4n) is 2.59. The van der Waals surface area contributed by atoms with Gasteiger partial charge in [-0.05, 0) is 30.9 Å². The summed E-state index contributed by atoms with van der Waals surface area (Å²) >= 11 is 5.80. The van der Waals surface area contributed by atoms with E-state index in [4.69, 9.17) is 22.1 Å². The predicted molar refractivity (Wildman–Crippen MR) is 94.9 cm³/mol. The zero-order valence-corrected chi connectivity index (χ0v) is 14.4. The first-order valence-corrected chi connectivity index (χ1v) is 8.62. The summed E-state index contributed by atoms with van der Waals surface area (Å²) in [6, 6.07) is 13.1. The third-order valence-electron chi connectivity index (χ3n) is 4.22. The number of nitrogens with one attached hydrogen (secondary N) is 1. The number of amides is 1. The Labute approximate surface area is 151 Å². The van der Waals surface area contributed by atoms with Gasteiger partial charge in [0, 0.05) is 24.2 Å².